The van der Waals surface area contributed by atoms with Crippen LogP contribution in [-0.2, 0) is 23.8 Å². The van der Waals surface area contributed by atoms with Crippen LogP contribution in [0.3, 0.4) is 0 Å². The molecule has 1 aliphatic rings. The number of hydrogen-bond donors (Lipinski definition) is 1. The summed E-state index contributed by atoms with van der Waals surface area (Å²) in [5.41, 5.74) is 6.54. The highest BCUT2D eigenvalue weighted by Gasteiger charge is 2.37. The first-order chi connectivity index (χ1) is 17.5. The van der Waals surface area contributed by atoms with E-state index in [0.29, 0.717) is 36.0 Å². The molecule has 0 saturated carbocycles. The van der Waals surface area contributed by atoms with Gasteiger partial charge in [-0.25, -0.2) is 0 Å². The molecule has 0 saturated heterocycles. The van der Waals surface area contributed by atoms with Crippen LogP contribution in [0.5, 0.6) is 17.2 Å². The van der Waals surface area contributed by atoms with Crippen LogP contribution in [0, 0.1) is 6.92 Å². The fraction of sp³-hybridized carbons (Fsp3) is 0.452. The lowest BCUT2D eigenvalue weighted by Gasteiger charge is -2.42. The fourth-order valence-electron chi connectivity index (χ4n) is 5.25. The minimum absolute atomic E-state index is 0.147. The van der Waals surface area contributed by atoms with Gasteiger partial charge >= 0.3 is 0 Å². The van der Waals surface area contributed by atoms with Gasteiger partial charge in [0.05, 0.1) is 21.3 Å². The van der Waals surface area contributed by atoms with Gasteiger partial charge in [-0.05, 0) is 82.7 Å². The van der Waals surface area contributed by atoms with Gasteiger partial charge in [0.25, 0.3) is 5.91 Å². The minimum Gasteiger partial charge on any atom is -0.493 e. The predicted molar refractivity (Wildman–Crippen MR) is 145 cm³/mol. The van der Waals surface area contributed by atoms with Crippen molar-refractivity contribution in [1.82, 2.24) is 5.32 Å². The van der Waals surface area contributed by atoms with Crippen LogP contribution < -0.4 is 19.5 Å². The Morgan fingerprint density at radius 2 is 1.49 bits per heavy atom. The van der Waals surface area contributed by atoms with Gasteiger partial charge < -0.3 is 23.9 Å². The summed E-state index contributed by atoms with van der Waals surface area (Å²) in [6.07, 6.45) is 3.01. The van der Waals surface area contributed by atoms with E-state index in [0.717, 1.165) is 11.3 Å². The highest BCUT2D eigenvalue weighted by molar-refractivity contribution is 5.91. The number of aryl methyl sites for hydroxylation is 1. The van der Waals surface area contributed by atoms with E-state index in [1.807, 2.05) is 18.2 Å². The molecule has 0 aliphatic heterocycles. The Balaban J connectivity index is 1.49. The summed E-state index contributed by atoms with van der Waals surface area (Å²) in [5.74, 6) is 2.38. The Bertz CT molecular complexity index is 1280. The summed E-state index contributed by atoms with van der Waals surface area (Å²) in [7, 11) is 4.69. The number of fused-ring (bicyclic) bond motifs is 1. The van der Waals surface area contributed by atoms with Crippen molar-refractivity contribution in [3.05, 3.63) is 75.7 Å². The first-order valence-corrected chi connectivity index (χ1v) is 12.8. The third-order valence-corrected chi connectivity index (χ3v) is 7.74. The van der Waals surface area contributed by atoms with Crippen LogP contribution in [-0.4, -0.2) is 27.2 Å². The van der Waals surface area contributed by atoms with Gasteiger partial charge in [0.15, 0.2) is 17.3 Å². The lowest BCUT2D eigenvalue weighted by molar-refractivity contribution is 0.0921. The third kappa shape index (κ3) is 5.34. The summed E-state index contributed by atoms with van der Waals surface area (Å²) >= 11 is 0. The number of benzene rings is 2. The fourth-order valence-corrected chi connectivity index (χ4v) is 5.25. The van der Waals surface area contributed by atoms with E-state index < -0.39 is 0 Å². The maximum atomic E-state index is 12.8. The lowest BCUT2D eigenvalue weighted by atomic mass is 9.62. The monoisotopic (exact) mass is 505 g/mol. The van der Waals surface area contributed by atoms with Gasteiger partial charge in [-0.1, -0.05) is 39.8 Å². The van der Waals surface area contributed by atoms with Gasteiger partial charge in [0, 0.05) is 13.0 Å². The molecule has 1 aromatic heterocycles. The predicted octanol–water partition coefficient (Wildman–Crippen LogP) is 6.48. The van der Waals surface area contributed by atoms with Gasteiger partial charge in [-0.3, -0.25) is 4.79 Å². The molecule has 1 aliphatic carbocycles. The molecule has 0 bridgehead atoms. The van der Waals surface area contributed by atoms with Crippen molar-refractivity contribution in [3.63, 3.8) is 0 Å². The lowest BCUT2D eigenvalue weighted by Crippen LogP contribution is -2.34. The van der Waals surface area contributed by atoms with Crippen LogP contribution in [0.4, 0.5) is 0 Å². The van der Waals surface area contributed by atoms with Gasteiger partial charge in [-0.2, -0.15) is 0 Å². The number of furan rings is 1. The normalized spacial score (nSPS) is 15.6. The van der Waals surface area contributed by atoms with Crippen molar-refractivity contribution in [3.8, 4) is 17.2 Å². The zero-order valence-electron chi connectivity index (χ0n) is 23.3. The maximum Gasteiger partial charge on any atom is 0.287 e. The van der Waals surface area contributed by atoms with Crippen LogP contribution in [0.2, 0.25) is 0 Å². The average Bonchev–Trinajstić information content (AvgIpc) is 3.34. The second kappa shape index (κ2) is 10.2. The average molecular weight is 506 g/mol. The van der Waals surface area contributed by atoms with E-state index in [1.54, 1.807) is 27.4 Å². The molecule has 198 valence electrons. The van der Waals surface area contributed by atoms with Crippen LogP contribution in [0.15, 0.2) is 40.8 Å². The summed E-state index contributed by atoms with van der Waals surface area (Å²) < 4.78 is 22.1. The summed E-state index contributed by atoms with van der Waals surface area (Å²) in [6, 6.07) is 12.0. The number of amides is 1. The zero-order chi connectivity index (χ0) is 27.0. The number of rotatable bonds is 8. The molecule has 1 heterocycles. The molecule has 0 unspecified atom stereocenters. The Hall–Kier alpha value is -3.41. The summed E-state index contributed by atoms with van der Waals surface area (Å²) in [4.78, 5) is 12.8. The third-order valence-electron chi connectivity index (χ3n) is 7.74. The Morgan fingerprint density at radius 1 is 0.892 bits per heavy atom. The van der Waals surface area contributed by atoms with Crippen molar-refractivity contribution >= 4 is 5.91 Å². The van der Waals surface area contributed by atoms with Gasteiger partial charge in [-0.15, -0.1) is 0 Å². The highest BCUT2D eigenvalue weighted by Crippen LogP contribution is 2.46. The number of carbonyl (C=O) groups is 1. The Morgan fingerprint density at radius 3 is 2.05 bits per heavy atom. The number of carbonyl (C=O) groups excluding carboxylic acids is 1. The number of ether oxygens (including phenoxy) is 3. The quantitative estimate of drug-likeness (QED) is 0.379. The Kier molecular flexibility index (Phi) is 7.31. The first-order valence-electron chi connectivity index (χ1n) is 12.8. The van der Waals surface area contributed by atoms with Crippen LogP contribution in [0.25, 0.3) is 0 Å². The number of nitrogens with one attached hydrogen (secondary N) is 1. The Labute approximate surface area is 220 Å². The molecular formula is C31H39NO5. The smallest absolute Gasteiger partial charge is 0.287 e. The van der Waals surface area contributed by atoms with Crippen LogP contribution in [0.1, 0.15) is 84.7 Å². The maximum absolute atomic E-state index is 12.8. The van der Waals surface area contributed by atoms with Crippen molar-refractivity contribution in [2.75, 3.05) is 21.3 Å². The topological polar surface area (TPSA) is 69.9 Å². The minimum atomic E-state index is -0.273. The van der Waals surface area contributed by atoms with E-state index in [9.17, 15) is 4.79 Å². The van der Waals surface area contributed by atoms with E-state index in [2.05, 4.69) is 52.1 Å². The van der Waals surface area contributed by atoms with Crippen molar-refractivity contribution in [2.45, 2.75) is 71.3 Å². The molecule has 1 amide bonds. The second-order valence-electron chi connectivity index (χ2n) is 11.3. The molecule has 0 radical (unpaired) electrons. The SMILES string of the molecule is COc1cc(CNC(=O)c2ccc(Cc3cc4c(cc3C)C(C)(C)CCC4(C)C)o2)cc(OC)c1OC. The summed E-state index contributed by atoms with van der Waals surface area (Å²) in [6.45, 7) is 11.8. The largest absolute Gasteiger partial charge is 0.493 e. The molecule has 0 fully saturated rings. The second-order valence-corrected chi connectivity index (χ2v) is 11.3. The van der Waals surface area contributed by atoms with E-state index in [4.69, 9.17) is 18.6 Å². The van der Waals surface area contributed by atoms with Gasteiger partial charge in [0.2, 0.25) is 5.75 Å². The van der Waals surface area contributed by atoms with E-state index >= 15 is 0 Å². The van der Waals surface area contributed by atoms with E-state index in [-0.39, 0.29) is 16.7 Å². The first kappa shape index (κ1) is 26.6. The molecule has 37 heavy (non-hydrogen) atoms. The van der Waals surface area contributed by atoms with Crippen molar-refractivity contribution in [2.24, 2.45) is 0 Å². The highest BCUT2D eigenvalue weighted by atomic mass is 16.5. The molecule has 1 N–H and O–H groups in total. The molecule has 6 heteroatoms. The molecular weight excluding hydrogens is 466 g/mol. The molecule has 0 atom stereocenters. The molecule has 0 spiro atoms. The molecule has 3 aromatic rings. The zero-order valence-corrected chi connectivity index (χ0v) is 23.3. The van der Waals surface area contributed by atoms with Crippen molar-refractivity contribution in [1.29, 1.82) is 0 Å². The van der Waals surface area contributed by atoms with Crippen molar-refractivity contribution < 1.29 is 23.4 Å². The van der Waals surface area contributed by atoms with Gasteiger partial charge in [0.1, 0.15) is 5.76 Å². The molecule has 4 rings (SSSR count). The standard InChI is InChI=1S/C31H39NO5/c1-19-13-23-24(31(4,5)12-11-30(23,2)3)17-21(19)16-22-9-10-25(37-22)29(33)32-18-20-14-26(34-6)28(36-8)27(15-20)35-7/h9-10,13-15,17H,11-12,16,18H2,1-8H3,(H,32,33). The van der Waals surface area contributed by atoms with Crippen LogP contribution >= 0.6 is 0 Å². The molecule has 2 aromatic carbocycles. The number of hydrogen-bond acceptors (Lipinski definition) is 5. The number of methoxy groups -OCH3 is 3. The van der Waals surface area contributed by atoms with E-state index in [1.165, 1.54) is 35.1 Å². The summed E-state index contributed by atoms with van der Waals surface area (Å²) in [5, 5.41) is 2.92. The molecule has 6 nitrogen and oxygen atoms in total.